The number of nitrogens with zero attached hydrogens (tertiary/aromatic N) is 5. The zero-order valence-corrected chi connectivity index (χ0v) is 22.7. The van der Waals surface area contributed by atoms with Crippen molar-refractivity contribution >= 4 is 11.6 Å². The van der Waals surface area contributed by atoms with Crippen molar-refractivity contribution in [3.05, 3.63) is 107 Å². The van der Waals surface area contributed by atoms with E-state index in [4.69, 9.17) is 5.26 Å². The van der Waals surface area contributed by atoms with Gasteiger partial charge >= 0.3 is 0 Å². The quantitative estimate of drug-likeness (QED) is 0.462. The molecule has 1 aromatic heterocycles. The van der Waals surface area contributed by atoms with E-state index in [1.54, 1.807) is 6.20 Å². The van der Waals surface area contributed by atoms with E-state index in [9.17, 15) is 9.18 Å². The number of pyridine rings is 1. The minimum Gasteiger partial charge on any atom is -0.381 e. The number of piperidine rings is 1. The first-order chi connectivity index (χ1) is 19.5. The van der Waals surface area contributed by atoms with Crippen LogP contribution in [0.5, 0.6) is 0 Å². The first-order valence-corrected chi connectivity index (χ1v) is 13.9. The molecular weight excluding hydrogens is 503 g/mol. The number of hydrogen-bond acceptors (Lipinski definition) is 6. The zero-order valence-electron chi connectivity index (χ0n) is 22.7. The molecule has 7 nitrogen and oxygen atoms in total. The fraction of sp³-hybridized carbons (Fsp3) is 0.344. The summed E-state index contributed by atoms with van der Waals surface area (Å²) in [6, 6.07) is 20.6. The molecule has 40 heavy (non-hydrogen) atoms. The lowest BCUT2D eigenvalue weighted by atomic mass is 10.0. The number of benzene rings is 2. The normalized spacial score (nSPS) is 16.9. The van der Waals surface area contributed by atoms with E-state index >= 15 is 0 Å². The monoisotopic (exact) mass is 538 g/mol. The SMILES string of the molecule is C=C(NC1CCN(Cc2ccc(C#N)cc2)CC1)c1ccc(C(=O)N2CCN(Cc3ccc(F)cc3)CC2)cn1. The van der Waals surface area contributed by atoms with Crippen LogP contribution in [-0.2, 0) is 13.1 Å². The van der Waals surface area contributed by atoms with Gasteiger partial charge in [0.25, 0.3) is 5.91 Å². The Hall–Kier alpha value is -4.06. The number of nitrogens with one attached hydrogen (secondary N) is 1. The Morgan fingerprint density at radius 3 is 2.08 bits per heavy atom. The summed E-state index contributed by atoms with van der Waals surface area (Å²) in [6.45, 7) is 10.7. The molecular formula is C32H35FN6O. The molecule has 0 aliphatic carbocycles. The van der Waals surface area contributed by atoms with Gasteiger partial charge < -0.3 is 10.2 Å². The molecule has 2 fully saturated rings. The largest absolute Gasteiger partial charge is 0.381 e. The van der Waals surface area contributed by atoms with E-state index in [1.165, 1.54) is 17.7 Å². The van der Waals surface area contributed by atoms with E-state index in [2.05, 4.69) is 32.7 Å². The van der Waals surface area contributed by atoms with Crippen LogP contribution < -0.4 is 5.32 Å². The number of rotatable bonds is 8. The van der Waals surface area contributed by atoms with Crippen molar-refractivity contribution < 1.29 is 9.18 Å². The number of nitriles is 1. The summed E-state index contributed by atoms with van der Waals surface area (Å²) in [4.78, 5) is 24.2. The van der Waals surface area contributed by atoms with Crippen LogP contribution in [0, 0.1) is 17.1 Å². The van der Waals surface area contributed by atoms with Crippen molar-refractivity contribution in [3.63, 3.8) is 0 Å². The molecule has 3 heterocycles. The maximum Gasteiger partial charge on any atom is 0.255 e. The second-order valence-electron chi connectivity index (χ2n) is 10.6. The van der Waals surface area contributed by atoms with Crippen molar-refractivity contribution in [1.82, 2.24) is 25.0 Å². The summed E-state index contributed by atoms with van der Waals surface area (Å²) in [5.74, 6) is -0.232. The van der Waals surface area contributed by atoms with Gasteiger partial charge in [0, 0.05) is 64.6 Å². The molecule has 0 unspecified atom stereocenters. The third kappa shape index (κ3) is 7.12. The Morgan fingerprint density at radius 1 is 0.900 bits per heavy atom. The van der Waals surface area contributed by atoms with Gasteiger partial charge in [-0.1, -0.05) is 30.8 Å². The fourth-order valence-corrected chi connectivity index (χ4v) is 5.34. The highest BCUT2D eigenvalue weighted by molar-refractivity contribution is 5.94. The summed E-state index contributed by atoms with van der Waals surface area (Å²) >= 11 is 0. The van der Waals surface area contributed by atoms with Crippen molar-refractivity contribution in [2.75, 3.05) is 39.3 Å². The first-order valence-electron chi connectivity index (χ1n) is 13.9. The maximum absolute atomic E-state index is 13.2. The number of piperazine rings is 1. The predicted molar refractivity (Wildman–Crippen MR) is 153 cm³/mol. The molecule has 0 bridgehead atoms. The molecule has 0 radical (unpaired) electrons. The summed E-state index contributed by atoms with van der Waals surface area (Å²) in [7, 11) is 0. The van der Waals surface area contributed by atoms with Crippen molar-refractivity contribution in [2.24, 2.45) is 0 Å². The highest BCUT2D eigenvalue weighted by Crippen LogP contribution is 2.18. The number of carbonyl (C=O) groups excluding carboxylic acids is 1. The molecule has 1 N–H and O–H groups in total. The second-order valence-corrected chi connectivity index (χ2v) is 10.6. The van der Waals surface area contributed by atoms with Crippen LogP contribution in [0.25, 0.3) is 5.70 Å². The van der Waals surface area contributed by atoms with Crippen LogP contribution in [0.2, 0.25) is 0 Å². The van der Waals surface area contributed by atoms with Gasteiger partial charge in [-0.15, -0.1) is 0 Å². The summed E-state index contributed by atoms with van der Waals surface area (Å²) < 4.78 is 13.2. The molecule has 2 aliphatic heterocycles. The van der Waals surface area contributed by atoms with Gasteiger partial charge in [-0.2, -0.15) is 5.26 Å². The Bertz CT molecular complexity index is 1330. The van der Waals surface area contributed by atoms with Crippen LogP contribution in [0.15, 0.2) is 73.4 Å². The van der Waals surface area contributed by atoms with Crippen LogP contribution in [0.1, 0.15) is 45.6 Å². The van der Waals surface area contributed by atoms with E-state index in [0.29, 0.717) is 30.3 Å². The van der Waals surface area contributed by atoms with Gasteiger partial charge in [-0.25, -0.2) is 4.39 Å². The number of hydrogen-bond donors (Lipinski definition) is 1. The molecule has 206 valence electrons. The Labute approximate surface area is 235 Å². The lowest BCUT2D eigenvalue weighted by molar-refractivity contribution is 0.0628. The lowest BCUT2D eigenvalue weighted by Gasteiger charge is -2.34. The van der Waals surface area contributed by atoms with Gasteiger partial charge in [0.1, 0.15) is 5.82 Å². The van der Waals surface area contributed by atoms with Gasteiger partial charge in [-0.3, -0.25) is 19.6 Å². The predicted octanol–water partition coefficient (Wildman–Crippen LogP) is 4.28. The highest BCUT2D eigenvalue weighted by atomic mass is 19.1. The summed E-state index contributed by atoms with van der Waals surface area (Å²) in [6.07, 6.45) is 3.67. The van der Waals surface area contributed by atoms with Crippen LogP contribution in [0.3, 0.4) is 0 Å². The molecule has 5 rings (SSSR count). The van der Waals surface area contributed by atoms with E-state index in [1.807, 2.05) is 53.4 Å². The number of halogens is 1. The minimum absolute atomic E-state index is 0.00584. The average Bonchev–Trinajstić information content (AvgIpc) is 3.00. The lowest BCUT2D eigenvalue weighted by Crippen LogP contribution is -2.48. The van der Waals surface area contributed by atoms with Crippen LogP contribution >= 0.6 is 0 Å². The molecule has 0 atom stereocenters. The standard InChI is InChI=1S/C32H35FN6O/c1-24(36-30-12-14-37(15-13-30)22-26-4-2-25(20-34)3-5-26)31-11-8-28(21-35-31)32(40)39-18-16-38(17-19-39)23-27-6-9-29(33)10-7-27/h2-11,21,30,36H,1,12-19,22-23H2. The Balaban J connectivity index is 1.05. The molecule has 8 heteroatoms. The smallest absolute Gasteiger partial charge is 0.255 e. The van der Waals surface area contributed by atoms with Crippen molar-refractivity contribution in [2.45, 2.75) is 32.0 Å². The molecule has 2 aromatic carbocycles. The third-order valence-corrected chi connectivity index (χ3v) is 7.75. The third-order valence-electron chi connectivity index (χ3n) is 7.75. The highest BCUT2D eigenvalue weighted by Gasteiger charge is 2.23. The van der Waals surface area contributed by atoms with Crippen LogP contribution in [-0.4, -0.2) is 70.9 Å². The number of amides is 1. The molecule has 2 saturated heterocycles. The van der Waals surface area contributed by atoms with Crippen molar-refractivity contribution in [1.29, 1.82) is 5.26 Å². The van der Waals surface area contributed by atoms with Crippen LogP contribution in [0.4, 0.5) is 4.39 Å². The topological polar surface area (TPSA) is 75.5 Å². The van der Waals surface area contributed by atoms with Gasteiger partial charge in [-0.05, 0) is 60.4 Å². The minimum atomic E-state index is -0.226. The van der Waals surface area contributed by atoms with Gasteiger partial charge in [0.15, 0.2) is 0 Å². The van der Waals surface area contributed by atoms with E-state index < -0.39 is 0 Å². The van der Waals surface area contributed by atoms with E-state index in [-0.39, 0.29) is 11.7 Å². The Kier molecular flexibility index (Phi) is 8.84. The number of aromatic nitrogens is 1. The number of likely N-dealkylation sites (tertiary alicyclic amines) is 1. The summed E-state index contributed by atoms with van der Waals surface area (Å²) in [5, 5.41) is 12.5. The summed E-state index contributed by atoms with van der Waals surface area (Å²) in [5.41, 5.74) is 5.09. The van der Waals surface area contributed by atoms with Gasteiger partial charge in [0.05, 0.1) is 28.6 Å². The molecule has 0 saturated carbocycles. The molecule has 3 aromatic rings. The maximum atomic E-state index is 13.2. The average molecular weight is 539 g/mol. The van der Waals surface area contributed by atoms with E-state index in [0.717, 1.165) is 69.1 Å². The number of carbonyl (C=O) groups is 1. The van der Waals surface area contributed by atoms with Crippen molar-refractivity contribution in [3.8, 4) is 6.07 Å². The fourth-order valence-electron chi connectivity index (χ4n) is 5.34. The first kappa shape index (κ1) is 27.5. The second kappa shape index (κ2) is 12.9. The molecule has 0 spiro atoms. The molecule has 2 aliphatic rings. The molecule has 1 amide bonds. The zero-order chi connectivity index (χ0) is 27.9. The Morgan fingerprint density at radius 2 is 1.50 bits per heavy atom. The van der Waals surface area contributed by atoms with Gasteiger partial charge in [0.2, 0.25) is 0 Å².